The minimum atomic E-state index is -1.03. The molecule has 1 aliphatic heterocycles. The Morgan fingerprint density at radius 2 is 1.84 bits per heavy atom. The number of benzene rings is 1. The van der Waals surface area contributed by atoms with Crippen LogP contribution in [-0.4, -0.2) is 48.7 Å². The lowest BCUT2D eigenvalue weighted by Gasteiger charge is -2.39. The number of fused-ring (bicyclic) bond motifs is 1. The zero-order chi connectivity index (χ0) is 21.8. The predicted molar refractivity (Wildman–Crippen MR) is 121 cm³/mol. The molecule has 0 unspecified atom stereocenters. The molecule has 1 saturated carbocycles. The maximum Gasteiger partial charge on any atom is 0.262 e. The maximum absolute atomic E-state index is 13.2. The quantitative estimate of drug-likeness (QED) is 0.616. The van der Waals surface area contributed by atoms with Gasteiger partial charge in [-0.15, -0.1) is 0 Å². The fraction of sp³-hybridized carbons (Fsp3) is 0.435. The third-order valence-corrected chi connectivity index (χ3v) is 7.30. The van der Waals surface area contributed by atoms with Gasteiger partial charge in [0.2, 0.25) is 5.91 Å². The van der Waals surface area contributed by atoms with E-state index in [0.717, 1.165) is 23.1 Å². The predicted octanol–water partition coefficient (Wildman–Crippen LogP) is 3.10. The normalized spacial score (nSPS) is 19.5. The molecule has 162 valence electrons. The topological polar surface area (TPSA) is 80.4 Å². The summed E-state index contributed by atoms with van der Waals surface area (Å²) in [7, 11) is 0. The average molecular weight is 485 g/mol. The smallest absolute Gasteiger partial charge is 0.262 e. The fourth-order valence-electron chi connectivity index (χ4n) is 4.41. The summed E-state index contributed by atoms with van der Waals surface area (Å²) in [5, 5.41) is 11.6. The molecule has 5 rings (SSSR count). The lowest BCUT2D eigenvalue weighted by atomic mass is 9.90. The van der Waals surface area contributed by atoms with Crippen LogP contribution in [0.25, 0.3) is 16.7 Å². The molecule has 2 aromatic heterocycles. The Labute approximate surface area is 188 Å². The van der Waals surface area contributed by atoms with E-state index in [-0.39, 0.29) is 23.4 Å². The van der Waals surface area contributed by atoms with Gasteiger partial charge in [0.15, 0.2) is 5.65 Å². The first-order chi connectivity index (χ1) is 14.8. The number of hydrogen-bond donors (Lipinski definition) is 1. The van der Waals surface area contributed by atoms with Crippen LogP contribution in [0.15, 0.2) is 52.1 Å². The number of para-hydroxylation sites is 1. The highest BCUT2D eigenvalue weighted by Crippen LogP contribution is 2.47. The van der Waals surface area contributed by atoms with Crippen LogP contribution in [0.2, 0.25) is 0 Å². The van der Waals surface area contributed by atoms with Gasteiger partial charge < -0.3 is 10.0 Å². The molecule has 1 amide bonds. The van der Waals surface area contributed by atoms with Gasteiger partial charge in [-0.05, 0) is 59.8 Å². The van der Waals surface area contributed by atoms with E-state index in [1.54, 1.807) is 6.07 Å². The largest absolute Gasteiger partial charge is 0.388 e. The molecule has 1 aliphatic carbocycles. The molecular formula is C23H25BrN4O3. The molecule has 1 N–H and O–H groups in total. The molecular weight excluding hydrogens is 460 g/mol. The van der Waals surface area contributed by atoms with E-state index in [4.69, 9.17) is 0 Å². The summed E-state index contributed by atoms with van der Waals surface area (Å²) < 4.78 is 4.12. The van der Waals surface area contributed by atoms with E-state index in [2.05, 4.69) is 20.9 Å². The van der Waals surface area contributed by atoms with Gasteiger partial charge in [-0.25, -0.2) is 4.98 Å². The molecule has 3 aromatic rings. The summed E-state index contributed by atoms with van der Waals surface area (Å²) >= 11 is 3.54. The number of rotatable bonds is 4. The van der Waals surface area contributed by atoms with Gasteiger partial charge in [-0.3, -0.25) is 18.7 Å². The first-order valence-corrected chi connectivity index (χ1v) is 11.4. The van der Waals surface area contributed by atoms with Gasteiger partial charge in [0.25, 0.3) is 5.56 Å². The van der Waals surface area contributed by atoms with E-state index in [1.165, 1.54) is 10.9 Å². The van der Waals surface area contributed by atoms with E-state index in [1.807, 2.05) is 46.7 Å². The van der Waals surface area contributed by atoms with Gasteiger partial charge in [-0.1, -0.05) is 25.1 Å². The number of halogens is 1. The van der Waals surface area contributed by atoms with Crippen LogP contribution in [0.1, 0.15) is 32.6 Å². The SMILES string of the molecule is CC1(C(=O)N2CCC(O)(Cn3cnc4c(cc(Br)n4-c4ccccc4)c3=O)CC2)CC1. The van der Waals surface area contributed by atoms with Crippen LogP contribution in [-0.2, 0) is 11.3 Å². The summed E-state index contributed by atoms with van der Waals surface area (Å²) in [5.41, 5.74) is 0.0802. The van der Waals surface area contributed by atoms with E-state index in [0.29, 0.717) is 37.0 Å². The van der Waals surface area contributed by atoms with E-state index >= 15 is 0 Å². The molecule has 8 heteroatoms. The number of carbonyl (C=O) groups excluding carboxylic acids is 1. The molecule has 3 heterocycles. The second-order valence-corrected chi connectivity index (χ2v) is 9.94. The number of amides is 1. The Morgan fingerprint density at radius 1 is 1.16 bits per heavy atom. The molecule has 0 bridgehead atoms. The molecule has 0 atom stereocenters. The zero-order valence-electron chi connectivity index (χ0n) is 17.4. The molecule has 31 heavy (non-hydrogen) atoms. The Bertz CT molecular complexity index is 1200. The van der Waals surface area contributed by atoms with Crippen LogP contribution in [0.4, 0.5) is 0 Å². The van der Waals surface area contributed by atoms with E-state index < -0.39 is 5.60 Å². The van der Waals surface area contributed by atoms with Crippen molar-refractivity contribution in [2.75, 3.05) is 13.1 Å². The lowest BCUT2D eigenvalue weighted by molar-refractivity contribution is -0.141. The third-order valence-electron chi connectivity index (χ3n) is 6.72. The van der Waals surface area contributed by atoms with Crippen molar-refractivity contribution in [3.63, 3.8) is 0 Å². The lowest BCUT2D eigenvalue weighted by Crippen LogP contribution is -2.51. The van der Waals surface area contributed by atoms with Crippen LogP contribution < -0.4 is 5.56 Å². The van der Waals surface area contributed by atoms with Crippen molar-refractivity contribution >= 4 is 32.9 Å². The molecule has 0 spiro atoms. The Kier molecular flexibility index (Phi) is 4.82. The highest BCUT2D eigenvalue weighted by Gasteiger charge is 2.48. The first-order valence-electron chi connectivity index (χ1n) is 10.6. The second kappa shape index (κ2) is 7.31. The van der Waals surface area contributed by atoms with Crippen molar-refractivity contribution in [3.8, 4) is 5.69 Å². The van der Waals surface area contributed by atoms with Crippen LogP contribution in [0.3, 0.4) is 0 Å². The third kappa shape index (κ3) is 3.61. The molecule has 1 aromatic carbocycles. The Morgan fingerprint density at radius 3 is 2.48 bits per heavy atom. The summed E-state index contributed by atoms with van der Waals surface area (Å²) in [5.74, 6) is 0.196. The number of carbonyl (C=O) groups is 1. The van der Waals surface area contributed by atoms with Crippen LogP contribution in [0, 0.1) is 5.41 Å². The van der Waals surface area contributed by atoms with Gasteiger partial charge in [-0.2, -0.15) is 0 Å². The number of aliphatic hydroxyl groups is 1. The summed E-state index contributed by atoms with van der Waals surface area (Å²) in [6.45, 7) is 3.22. The van der Waals surface area contributed by atoms with Crippen LogP contribution >= 0.6 is 15.9 Å². The number of piperidine rings is 1. The maximum atomic E-state index is 13.2. The number of likely N-dealkylation sites (tertiary alicyclic amines) is 1. The number of hydrogen-bond acceptors (Lipinski definition) is 4. The van der Waals surface area contributed by atoms with Gasteiger partial charge in [0.05, 0.1) is 22.1 Å². The van der Waals surface area contributed by atoms with Crippen molar-refractivity contribution < 1.29 is 9.90 Å². The molecule has 1 saturated heterocycles. The van der Waals surface area contributed by atoms with Crippen molar-refractivity contribution in [2.24, 2.45) is 5.41 Å². The van der Waals surface area contributed by atoms with Crippen molar-refractivity contribution in [3.05, 3.63) is 57.7 Å². The monoisotopic (exact) mass is 484 g/mol. The minimum Gasteiger partial charge on any atom is -0.388 e. The summed E-state index contributed by atoms with van der Waals surface area (Å²) in [6, 6.07) is 11.5. The highest BCUT2D eigenvalue weighted by molar-refractivity contribution is 9.10. The van der Waals surface area contributed by atoms with Gasteiger partial charge >= 0.3 is 0 Å². The highest BCUT2D eigenvalue weighted by atomic mass is 79.9. The standard InChI is InChI=1S/C23H25BrN4O3/c1-22(7-8-22)21(30)26-11-9-23(31,10-12-26)14-27-15-25-19-17(20(27)29)13-18(24)28(19)16-5-3-2-4-6-16/h2-6,13,15,31H,7-12,14H2,1H3. The molecule has 2 fully saturated rings. The number of nitrogens with zero attached hydrogens (tertiary/aromatic N) is 4. The molecule has 0 radical (unpaired) electrons. The Hall–Kier alpha value is -2.45. The fourth-order valence-corrected chi connectivity index (χ4v) is 5.01. The minimum absolute atomic E-state index is 0.169. The molecule has 2 aliphatic rings. The van der Waals surface area contributed by atoms with Gasteiger partial charge in [0, 0.05) is 24.2 Å². The van der Waals surface area contributed by atoms with Crippen molar-refractivity contribution in [1.82, 2.24) is 19.0 Å². The van der Waals surface area contributed by atoms with Crippen molar-refractivity contribution in [2.45, 2.75) is 44.8 Å². The Balaban J connectivity index is 1.38. The second-order valence-electron chi connectivity index (χ2n) is 9.13. The summed E-state index contributed by atoms with van der Waals surface area (Å²) in [6.07, 6.45) is 4.32. The zero-order valence-corrected chi connectivity index (χ0v) is 19.0. The van der Waals surface area contributed by atoms with Crippen LogP contribution in [0.5, 0.6) is 0 Å². The molecule has 7 nitrogen and oxygen atoms in total. The summed E-state index contributed by atoms with van der Waals surface area (Å²) in [4.78, 5) is 32.1. The van der Waals surface area contributed by atoms with Crippen molar-refractivity contribution in [1.29, 1.82) is 0 Å². The first kappa shape index (κ1) is 20.5. The number of aromatic nitrogens is 3. The average Bonchev–Trinajstić information content (AvgIpc) is 3.42. The van der Waals surface area contributed by atoms with E-state index in [9.17, 15) is 14.7 Å². The van der Waals surface area contributed by atoms with Gasteiger partial charge in [0.1, 0.15) is 6.33 Å².